The molecule has 1 fully saturated rings. The van der Waals surface area contributed by atoms with Crippen LogP contribution in [-0.4, -0.2) is 48.5 Å². The Morgan fingerprint density at radius 2 is 2.04 bits per heavy atom. The minimum absolute atomic E-state index is 0.104. The summed E-state index contributed by atoms with van der Waals surface area (Å²) in [7, 11) is 0. The van der Waals surface area contributed by atoms with Gasteiger partial charge < -0.3 is 10.2 Å². The van der Waals surface area contributed by atoms with E-state index in [4.69, 9.17) is 4.98 Å². The number of amides is 1. The van der Waals surface area contributed by atoms with Gasteiger partial charge in [0.15, 0.2) is 5.13 Å². The van der Waals surface area contributed by atoms with Crippen molar-refractivity contribution in [3.8, 4) is 0 Å². The summed E-state index contributed by atoms with van der Waals surface area (Å²) in [5.74, 6) is 0.104. The van der Waals surface area contributed by atoms with Crippen LogP contribution in [0.2, 0.25) is 0 Å². The van der Waals surface area contributed by atoms with Crippen LogP contribution in [0.15, 0.2) is 41.8 Å². The number of nitrogens with zero attached hydrogens (tertiary/aromatic N) is 3. The Labute approximate surface area is 161 Å². The van der Waals surface area contributed by atoms with E-state index in [0.717, 1.165) is 43.2 Å². The molecule has 0 bridgehead atoms. The lowest BCUT2D eigenvalue weighted by Gasteiger charge is -2.21. The third-order valence-corrected chi connectivity index (χ3v) is 6.52. The molecule has 4 rings (SSSR count). The molecule has 0 aliphatic carbocycles. The number of hydrogen-bond donors (Lipinski definition) is 1. The summed E-state index contributed by atoms with van der Waals surface area (Å²) in [4.78, 5) is 22.8. The summed E-state index contributed by atoms with van der Waals surface area (Å²) in [5, 5.41) is 6.15. The van der Waals surface area contributed by atoms with Gasteiger partial charge in [0.25, 0.3) is 0 Å². The molecule has 1 N–H and O–H groups in total. The van der Waals surface area contributed by atoms with Gasteiger partial charge in [0.05, 0.1) is 23.3 Å². The van der Waals surface area contributed by atoms with Crippen LogP contribution >= 0.6 is 22.7 Å². The molecule has 1 amide bonds. The average Bonchev–Trinajstić information content (AvgIpc) is 3.26. The van der Waals surface area contributed by atoms with Gasteiger partial charge in [-0.05, 0) is 30.0 Å². The number of anilines is 1. The maximum absolute atomic E-state index is 12.2. The van der Waals surface area contributed by atoms with Gasteiger partial charge in [-0.15, -0.1) is 11.3 Å². The third-order valence-electron chi connectivity index (χ3n) is 4.55. The molecule has 3 aromatic rings. The van der Waals surface area contributed by atoms with Crippen molar-refractivity contribution >= 4 is 43.9 Å². The molecule has 2 aromatic heterocycles. The van der Waals surface area contributed by atoms with Crippen molar-refractivity contribution in [2.75, 3.05) is 37.6 Å². The fourth-order valence-corrected chi connectivity index (χ4v) is 4.84. The Kier molecular flexibility index (Phi) is 5.48. The van der Waals surface area contributed by atoms with E-state index in [-0.39, 0.29) is 5.91 Å². The van der Waals surface area contributed by atoms with Crippen molar-refractivity contribution < 1.29 is 4.79 Å². The molecule has 1 aromatic carbocycles. The number of rotatable bonds is 5. The Morgan fingerprint density at radius 1 is 1.12 bits per heavy atom. The normalized spacial score (nSPS) is 15.9. The average molecular weight is 387 g/mol. The number of carbonyl (C=O) groups excluding carboxylic acids is 1. The first-order valence-electron chi connectivity index (χ1n) is 8.90. The number of carbonyl (C=O) groups is 1. The first kappa shape index (κ1) is 17.5. The predicted molar refractivity (Wildman–Crippen MR) is 109 cm³/mol. The minimum atomic E-state index is 0.104. The van der Waals surface area contributed by atoms with Crippen LogP contribution in [0.1, 0.15) is 11.3 Å². The molecule has 1 saturated heterocycles. The molecule has 0 radical (unpaired) electrons. The molecule has 0 spiro atoms. The van der Waals surface area contributed by atoms with E-state index in [0.29, 0.717) is 13.1 Å². The van der Waals surface area contributed by atoms with Crippen molar-refractivity contribution in [3.63, 3.8) is 0 Å². The van der Waals surface area contributed by atoms with Gasteiger partial charge in [-0.25, -0.2) is 4.98 Å². The van der Waals surface area contributed by atoms with Gasteiger partial charge in [0, 0.05) is 31.1 Å². The van der Waals surface area contributed by atoms with Gasteiger partial charge >= 0.3 is 0 Å². The highest BCUT2D eigenvalue weighted by Gasteiger charge is 2.19. The van der Waals surface area contributed by atoms with Gasteiger partial charge in [-0.2, -0.15) is 0 Å². The zero-order valence-corrected chi connectivity index (χ0v) is 16.2. The Bertz CT molecular complexity index is 828. The monoisotopic (exact) mass is 386 g/mol. The quantitative estimate of drug-likeness (QED) is 0.732. The summed E-state index contributed by atoms with van der Waals surface area (Å²) in [6.45, 7) is 4.85. The Hall–Kier alpha value is -1.96. The summed E-state index contributed by atoms with van der Waals surface area (Å²) in [5.41, 5.74) is 1.07. The number of aromatic nitrogens is 1. The van der Waals surface area contributed by atoms with E-state index < -0.39 is 0 Å². The molecular weight excluding hydrogens is 364 g/mol. The van der Waals surface area contributed by atoms with Crippen LogP contribution in [0.4, 0.5) is 5.13 Å². The number of nitrogens with one attached hydrogen (secondary N) is 1. The maximum atomic E-state index is 12.2. The van der Waals surface area contributed by atoms with Crippen LogP contribution in [0.25, 0.3) is 10.2 Å². The van der Waals surface area contributed by atoms with Crippen molar-refractivity contribution in [1.82, 2.24) is 15.2 Å². The SMILES string of the molecule is O=C(CN1CCCN(c2nc3ccccc3s2)CC1)NCc1cccs1. The molecule has 3 heterocycles. The second-order valence-electron chi connectivity index (χ2n) is 6.44. The Balaban J connectivity index is 1.30. The molecule has 0 unspecified atom stereocenters. The van der Waals surface area contributed by atoms with E-state index in [1.54, 1.807) is 22.7 Å². The number of hydrogen-bond acceptors (Lipinski definition) is 6. The maximum Gasteiger partial charge on any atom is 0.234 e. The van der Waals surface area contributed by atoms with Crippen LogP contribution < -0.4 is 10.2 Å². The number of thiazole rings is 1. The van der Waals surface area contributed by atoms with Gasteiger partial charge in [0.1, 0.15) is 0 Å². The van der Waals surface area contributed by atoms with Gasteiger partial charge in [-0.1, -0.05) is 29.5 Å². The van der Waals surface area contributed by atoms with E-state index >= 15 is 0 Å². The van der Waals surface area contributed by atoms with Crippen LogP contribution in [0.5, 0.6) is 0 Å². The second-order valence-corrected chi connectivity index (χ2v) is 8.48. The first-order valence-corrected chi connectivity index (χ1v) is 10.6. The second kappa shape index (κ2) is 8.16. The smallest absolute Gasteiger partial charge is 0.234 e. The van der Waals surface area contributed by atoms with Crippen LogP contribution in [0, 0.1) is 0 Å². The standard InChI is InChI=1S/C19H22N4OS2/c24-18(20-13-15-5-3-12-25-15)14-22-8-4-9-23(11-10-22)19-21-16-6-1-2-7-17(16)26-19/h1-3,5-7,12H,4,8-11,13-14H2,(H,20,24). The van der Waals surface area contributed by atoms with Crippen molar-refractivity contribution in [2.45, 2.75) is 13.0 Å². The Morgan fingerprint density at radius 3 is 2.88 bits per heavy atom. The fourth-order valence-electron chi connectivity index (χ4n) is 3.17. The highest BCUT2D eigenvalue weighted by Crippen LogP contribution is 2.29. The number of thiophene rings is 1. The number of benzene rings is 1. The lowest BCUT2D eigenvalue weighted by Crippen LogP contribution is -2.39. The van der Waals surface area contributed by atoms with Crippen molar-refractivity contribution in [1.29, 1.82) is 0 Å². The summed E-state index contributed by atoms with van der Waals surface area (Å²) >= 11 is 3.43. The van der Waals surface area contributed by atoms with E-state index in [2.05, 4.69) is 33.3 Å². The first-order chi connectivity index (χ1) is 12.8. The van der Waals surface area contributed by atoms with Crippen LogP contribution in [-0.2, 0) is 11.3 Å². The van der Waals surface area contributed by atoms with E-state index in [1.807, 2.05) is 23.6 Å². The summed E-state index contributed by atoms with van der Waals surface area (Å²) < 4.78 is 1.23. The molecule has 0 saturated carbocycles. The number of fused-ring (bicyclic) bond motifs is 1. The van der Waals surface area contributed by atoms with Gasteiger partial charge in [-0.3, -0.25) is 9.69 Å². The highest BCUT2D eigenvalue weighted by molar-refractivity contribution is 7.22. The zero-order chi connectivity index (χ0) is 17.8. The molecule has 1 aliphatic heterocycles. The summed E-state index contributed by atoms with van der Waals surface area (Å²) in [6, 6.07) is 12.3. The van der Waals surface area contributed by atoms with Crippen LogP contribution in [0.3, 0.4) is 0 Å². The molecular formula is C19H22N4OS2. The molecule has 136 valence electrons. The molecule has 0 atom stereocenters. The van der Waals surface area contributed by atoms with Crippen molar-refractivity contribution in [2.24, 2.45) is 0 Å². The third kappa shape index (κ3) is 4.23. The highest BCUT2D eigenvalue weighted by atomic mass is 32.1. The minimum Gasteiger partial charge on any atom is -0.350 e. The van der Waals surface area contributed by atoms with Gasteiger partial charge in [0.2, 0.25) is 5.91 Å². The zero-order valence-electron chi connectivity index (χ0n) is 14.6. The van der Waals surface area contributed by atoms with Crippen molar-refractivity contribution in [3.05, 3.63) is 46.7 Å². The molecule has 26 heavy (non-hydrogen) atoms. The largest absolute Gasteiger partial charge is 0.350 e. The molecule has 1 aliphatic rings. The van der Waals surface area contributed by atoms with E-state index in [9.17, 15) is 4.79 Å². The molecule has 5 nitrogen and oxygen atoms in total. The van der Waals surface area contributed by atoms with E-state index in [1.165, 1.54) is 9.58 Å². The lowest BCUT2D eigenvalue weighted by atomic mass is 10.3. The topological polar surface area (TPSA) is 48.5 Å². The fraction of sp³-hybridized carbons (Fsp3) is 0.368. The molecule has 7 heteroatoms. The number of para-hydroxylation sites is 1. The lowest BCUT2D eigenvalue weighted by molar-refractivity contribution is -0.122. The summed E-state index contributed by atoms with van der Waals surface area (Å²) in [6.07, 6.45) is 1.05. The predicted octanol–water partition coefficient (Wildman–Crippen LogP) is 3.19.